The molecule has 0 heterocycles. The minimum atomic E-state index is -3.69. The Morgan fingerprint density at radius 3 is 2.39 bits per heavy atom. The maximum atomic E-state index is 13.3. The summed E-state index contributed by atoms with van der Waals surface area (Å²) < 4.78 is 50.3. The molecule has 0 amide bonds. The van der Waals surface area contributed by atoms with Crippen molar-refractivity contribution < 1.29 is 22.3 Å². The molecule has 5 nitrogen and oxygen atoms in total. The van der Waals surface area contributed by atoms with Crippen LogP contribution in [0, 0.1) is 11.6 Å². The maximum absolute atomic E-state index is 13.3. The summed E-state index contributed by atoms with van der Waals surface area (Å²) in [6, 6.07) is 1.37. The zero-order chi connectivity index (χ0) is 13.2. The van der Waals surface area contributed by atoms with E-state index in [9.17, 15) is 22.3 Å². The number of benzene rings is 1. The highest BCUT2D eigenvalue weighted by atomic mass is 35.5. The first-order valence-electron chi connectivity index (χ1n) is 4.59. The van der Waals surface area contributed by atoms with E-state index in [-0.39, 0.29) is 24.5 Å². The third kappa shape index (κ3) is 4.37. The average molecular weight is 303 g/mol. The second-order valence-corrected chi connectivity index (χ2v) is 5.23. The van der Waals surface area contributed by atoms with Crippen LogP contribution in [0.1, 0.15) is 11.7 Å². The van der Waals surface area contributed by atoms with Crippen molar-refractivity contribution in [1.29, 1.82) is 0 Å². The van der Waals surface area contributed by atoms with E-state index in [1.165, 1.54) is 0 Å². The third-order valence-corrected chi connectivity index (χ3v) is 2.55. The molecule has 1 aromatic carbocycles. The maximum Gasteiger partial charge on any atom is 0.229 e. The lowest BCUT2D eigenvalue weighted by atomic mass is 10.1. The largest absolute Gasteiger partial charge is 0.387 e. The van der Waals surface area contributed by atoms with Crippen molar-refractivity contribution in [2.24, 2.45) is 5.73 Å². The molecule has 1 atom stereocenters. The van der Waals surface area contributed by atoms with E-state index in [0.29, 0.717) is 6.07 Å². The Kier molecular flexibility index (Phi) is 5.94. The predicted molar refractivity (Wildman–Crippen MR) is 66.1 cm³/mol. The number of nitrogens with one attached hydrogen (secondary N) is 1. The van der Waals surface area contributed by atoms with Gasteiger partial charge in [0, 0.05) is 18.2 Å². The molecule has 0 spiro atoms. The van der Waals surface area contributed by atoms with Gasteiger partial charge >= 0.3 is 0 Å². The Labute approximate surface area is 109 Å². The highest BCUT2D eigenvalue weighted by molar-refractivity contribution is 7.92. The SMILES string of the molecule is CS(=O)(=O)Nc1cc(C(O)CN)c(F)cc1F.Cl. The lowest BCUT2D eigenvalue weighted by Gasteiger charge is -2.12. The summed E-state index contributed by atoms with van der Waals surface area (Å²) in [6.45, 7) is -0.263. The zero-order valence-electron chi connectivity index (χ0n) is 9.35. The Bertz CT molecular complexity index is 525. The van der Waals surface area contributed by atoms with Crippen molar-refractivity contribution in [2.45, 2.75) is 6.10 Å². The molecule has 0 saturated carbocycles. The van der Waals surface area contributed by atoms with Gasteiger partial charge in [-0.15, -0.1) is 12.4 Å². The number of halogens is 3. The number of aliphatic hydroxyl groups is 1. The quantitative estimate of drug-likeness (QED) is 0.765. The molecule has 18 heavy (non-hydrogen) atoms. The molecule has 0 radical (unpaired) electrons. The van der Waals surface area contributed by atoms with Crippen LogP contribution in [0.25, 0.3) is 0 Å². The van der Waals surface area contributed by atoms with E-state index in [1.54, 1.807) is 0 Å². The van der Waals surface area contributed by atoms with Gasteiger partial charge in [0.1, 0.15) is 11.6 Å². The van der Waals surface area contributed by atoms with E-state index in [1.807, 2.05) is 4.72 Å². The highest BCUT2D eigenvalue weighted by Crippen LogP contribution is 2.24. The number of hydrogen-bond donors (Lipinski definition) is 3. The fraction of sp³-hybridized carbons (Fsp3) is 0.333. The Morgan fingerprint density at radius 1 is 1.39 bits per heavy atom. The predicted octanol–water partition coefficient (Wildman–Crippen LogP) is 0.750. The smallest absolute Gasteiger partial charge is 0.229 e. The van der Waals surface area contributed by atoms with Gasteiger partial charge in [-0.1, -0.05) is 0 Å². The highest BCUT2D eigenvalue weighted by Gasteiger charge is 2.17. The van der Waals surface area contributed by atoms with Gasteiger partial charge in [0.25, 0.3) is 0 Å². The summed E-state index contributed by atoms with van der Waals surface area (Å²) in [5, 5.41) is 9.36. The minimum Gasteiger partial charge on any atom is -0.387 e. The van der Waals surface area contributed by atoms with E-state index < -0.39 is 33.4 Å². The zero-order valence-corrected chi connectivity index (χ0v) is 11.0. The summed E-state index contributed by atoms with van der Waals surface area (Å²) in [5.74, 6) is -2.06. The summed E-state index contributed by atoms with van der Waals surface area (Å²) in [5.41, 5.74) is 4.44. The van der Waals surface area contributed by atoms with Gasteiger partial charge in [0.2, 0.25) is 10.0 Å². The monoisotopic (exact) mass is 302 g/mol. The van der Waals surface area contributed by atoms with E-state index in [2.05, 4.69) is 0 Å². The van der Waals surface area contributed by atoms with Crippen LogP contribution in [0.3, 0.4) is 0 Å². The molecule has 1 unspecified atom stereocenters. The van der Waals surface area contributed by atoms with Crippen LogP contribution in [0.4, 0.5) is 14.5 Å². The van der Waals surface area contributed by atoms with Crippen molar-refractivity contribution in [1.82, 2.24) is 0 Å². The molecule has 9 heteroatoms. The average Bonchev–Trinajstić information content (AvgIpc) is 2.19. The Balaban J connectivity index is 0.00000289. The number of aliphatic hydroxyl groups excluding tert-OH is 1. The summed E-state index contributed by atoms with van der Waals surface area (Å²) in [6.07, 6.45) is -0.495. The van der Waals surface area contributed by atoms with Crippen molar-refractivity contribution in [3.05, 3.63) is 29.3 Å². The third-order valence-electron chi connectivity index (χ3n) is 1.96. The van der Waals surface area contributed by atoms with Crippen molar-refractivity contribution in [3.8, 4) is 0 Å². The number of nitrogens with two attached hydrogens (primary N) is 1. The molecule has 1 aromatic rings. The first-order valence-corrected chi connectivity index (χ1v) is 6.48. The van der Waals surface area contributed by atoms with Crippen LogP contribution in [-0.2, 0) is 10.0 Å². The number of sulfonamides is 1. The molecule has 1 rings (SSSR count). The lowest BCUT2D eigenvalue weighted by molar-refractivity contribution is 0.181. The molecule has 0 aliphatic carbocycles. The van der Waals surface area contributed by atoms with Crippen LogP contribution in [0.15, 0.2) is 12.1 Å². The van der Waals surface area contributed by atoms with Gasteiger partial charge in [0.05, 0.1) is 18.0 Å². The van der Waals surface area contributed by atoms with Gasteiger partial charge in [-0.3, -0.25) is 4.72 Å². The Hall–Kier alpha value is -0.960. The van der Waals surface area contributed by atoms with Crippen molar-refractivity contribution >= 4 is 28.1 Å². The molecule has 0 aliphatic heterocycles. The number of anilines is 1. The minimum absolute atomic E-state index is 0. The lowest BCUT2D eigenvalue weighted by Crippen LogP contribution is -2.16. The summed E-state index contributed by atoms with van der Waals surface area (Å²) in [4.78, 5) is 0. The molecule has 0 fully saturated rings. The van der Waals surface area contributed by atoms with Gasteiger partial charge in [-0.05, 0) is 6.07 Å². The molecular weight excluding hydrogens is 290 g/mol. The van der Waals surface area contributed by atoms with E-state index in [0.717, 1.165) is 12.3 Å². The van der Waals surface area contributed by atoms with Crippen LogP contribution in [0.2, 0.25) is 0 Å². The van der Waals surface area contributed by atoms with Gasteiger partial charge in [-0.25, -0.2) is 17.2 Å². The fourth-order valence-electron chi connectivity index (χ4n) is 1.23. The Morgan fingerprint density at radius 2 is 1.94 bits per heavy atom. The first-order chi connectivity index (χ1) is 7.74. The van der Waals surface area contributed by atoms with Crippen LogP contribution in [-0.4, -0.2) is 26.3 Å². The van der Waals surface area contributed by atoms with Gasteiger partial charge < -0.3 is 10.8 Å². The number of rotatable bonds is 4. The topological polar surface area (TPSA) is 92.4 Å². The second kappa shape index (κ2) is 6.28. The summed E-state index contributed by atoms with van der Waals surface area (Å²) >= 11 is 0. The molecule has 4 N–H and O–H groups in total. The van der Waals surface area contributed by atoms with Gasteiger partial charge in [0.15, 0.2) is 0 Å². The van der Waals surface area contributed by atoms with E-state index in [4.69, 9.17) is 5.73 Å². The van der Waals surface area contributed by atoms with Crippen molar-refractivity contribution in [2.75, 3.05) is 17.5 Å². The number of hydrogen-bond acceptors (Lipinski definition) is 4. The first kappa shape index (κ1) is 17.0. The molecule has 0 saturated heterocycles. The molecular formula is C9H13ClF2N2O3S. The van der Waals surface area contributed by atoms with Crippen molar-refractivity contribution in [3.63, 3.8) is 0 Å². The standard InChI is InChI=1S/C9H12F2N2O3S.ClH/c1-17(15,16)13-8-2-5(9(14)4-12)6(10)3-7(8)11;/h2-3,9,13-14H,4,12H2,1H3;1H. The van der Waals surface area contributed by atoms with Crippen LogP contribution >= 0.6 is 12.4 Å². The molecule has 0 aliphatic rings. The molecule has 0 bridgehead atoms. The summed E-state index contributed by atoms with van der Waals surface area (Å²) in [7, 11) is -3.69. The normalized spacial score (nSPS) is 12.7. The fourth-order valence-corrected chi connectivity index (χ4v) is 1.78. The van der Waals surface area contributed by atoms with Crippen LogP contribution in [0.5, 0.6) is 0 Å². The molecule has 0 aromatic heterocycles. The molecule has 104 valence electrons. The van der Waals surface area contributed by atoms with E-state index >= 15 is 0 Å². The van der Waals surface area contributed by atoms with Gasteiger partial charge in [-0.2, -0.15) is 0 Å². The second-order valence-electron chi connectivity index (χ2n) is 3.48. The van der Waals surface area contributed by atoms with Crippen LogP contribution < -0.4 is 10.5 Å².